The van der Waals surface area contributed by atoms with Gasteiger partial charge in [-0.25, -0.2) is 0 Å². The van der Waals surface area contributed by atoms with Gasteiger partial charge in [0, 0.05) is 30.9 Å². The maximum atomic E-state index is 11.3. The van der Waals surface area contributed by atoms with Crippen LogP contribution < -0.4 is 10.2 Å². The maximum Gasteiger partial charge on any atom is 0.224 e. The molecule has 0 atom stereocenters. The third-order valence-electron chi connectivity index (χ3n) is 2.93. The van der Waals surface area contributed by atoms with Crippen molar-refractivity contribution >= 4 is 17.3 Å². The fourth-order valence-corrected chi connectivity index (χ4v) is 1.81. The molecule has 1 aromatic carbocycles. The van der Waals surface area contributed by atoms with Gasteiger partial charge in [0.25, 0.3) is 0 Å². The molecule has 0 heterocycles. The van der Waals surface area contributed by atoms with Crippen LogP contribution in [0.5, 0.6) is 0 Å². The highest BCUT2D eigenvalue weighted by Gasteiger charge is 2.06. The largest absolute Gasteiger partial charge is 0.372 e. The van der Waals surface area contributed by atoms with E-state index >= 15 is 0 Å². The van der Waals surface area contributed by atoms with Gasteiger partial charge in [-0.2, -0.15) is 0 Å². The van der Waals surface area contributed by atoms with Crippen molar-refractivity contribution in [2.75, 3.05) is 23.3 Å². The van der Waals surface area contributed by atoms with E-state index in [1.165, 1.54) is 5.69 Å². The van der Waals surface area contributed by atoms with Gasteiger partial charge < -0.3 is 10.2 Å². The van der Waals surface area contributed by atoms with E-state index in [4.69, 9.17) is 0 Å². The van der Waals surface area contributed by atoms with E-state index in [0.717, 1.165) is 24.3 Å². The Morgan fingerprint density at radius 2 is 1.88 bits per heavy atom. The molecule has 0 spiro atoms. The second-order valence-electron chi connectivity index (χ2n) is 4.07. The number of nitrogens with one attached hydrogen (secondary N) is 1. The first kappa shape index (κ1) is 13.6. The molecule has 94 valence electrons. The zero-order valence-corrected chi connectivity index (χ0v) is 11.2. The van der Waals surface area contributed by atoms with Crippen LogP contribution in [0, 0.1) is 6.92 Å². The molecule has 1 rings (SSSR count). The standard InChI is InChI=1S/C14H22N2O/c1-5-14(17)15-13-9-8-12(10-11(13)4)16(6-2)7-3/h8-10H,5-7H2,1-4H3,(H,15,17). The molecule has 17 heavy (non-hydrogen) atoms. The summed E-state index contributed by atoms with van der Waals surface area (Å²) >= 11 is 0. The van der Waals surface area contributed by atoms with E-state index in [-0.39, 0.29) is 5.91 Å². The summed E-state index contributed by atoms with van der Waals surface area (Å²) in [4.78, 5) is 13.6. The second kappa shape index (κ2) is 6.28. The summed E-state index contributed by atoms with van der Waals surface area (Å²) in [7, 11) is 0. The number of amides is 1. The summed E-state index contributed by atoms with van der Waals surface area (Å²) in [5.41, 5.74) is 3.23. The van der Waals surface area contributed by atoms with Gasteiger partial charge in [-0.15, -0.1) is 0 Å². The van der Waals surface area contributed by atoms with Gasteiger partial charge in [0.15, 0.2) is 0 Å². The number of rotatable bonds is 5. The molecule has 1 aromatic rings. The van der Waals surface area contributed by atoms with Crippen molar-refractivity contribution in [2.24, 2.45) is 0 Å². The number of carbonyl (C=O) groups excluding carboxylic acids is 1. The first-order chi connectivity index (χ1) is 8.12. The minimum absolute atomic E-state index is 0.0590. The van der Waals surface area contributed by atoms with E-state index in [1.807, 2.05) is 19.9 Å². The number of anilines is 2. The topological polar surface area (TPSA) is 32.3 Å². The normalized spacial score (nSPS) is 10.1. The summed E-state index contributed by atoms with van der Waals surface area (Å²) in [6, 6.07) is 6.17. The Kier molecular flexibility index (Phi) is 5.01. The molecule has 3 nitrogen and oxygen atoms in total. The molecule has 3 heteroatoms. The van der Waals surface area contributed by atoms with E-state index in [2.05, 4.69) is 36.2 Å². The van der Waals surface area contributed by atoms with Crippen LogP contribution in [0.25, 0.3) is 0 Å². The maximum absolute atomic E-state index is 11.3. The quantitative estimate of drug-likeness (QED) is 0.848. The Labute approximate surface area is 104 Å². The number of aryl methyl sites for hydroxylation is 1. The second-order valence-corrected chi connectivity index (χ2v) is 4.07. The van der Waals surface area contributed by atoms with Crippen LogP contribution in [0.3, 0.4) is 0 Å². The van der Waals surface area contributed by atoms with Gasteiger partial charge >= 0.3 is 0 Å². The Balaban J connectivity index is 2.89. The number of carbonyl (C=O) groups is 1. The van der Waals surface area contributed by atoms with Gasteiger partial charge in [-0.1, -0.05) is 6.92 Å². The zero-order chi connectivity index (χ0) is 12.8. The smallest absolute Gasteiger partial charge is 0.224 e. The predicted molar refractivity (Wildman–Crippen MR) is 73.7 cm³/mol. The fraction of sp³-hybridized carbons (Fsp3) is 0.500. The molecular weight excluding hydrogens is 212 g/mol. The highest BCUT2D eigenvalue weighted by atomic mass is 16.1. The lowest BCUT2D eigenvalue weighted by atomic mass is 10.1. The first-order valence-corrected chi connectivity index (χ1v) is 6.27. The van der Waals surface area contributed by atoms with E-state index < -0.39 is 0 Å². The van der Waals surface area contributed by atoms with E-state index in [1.54, 1.807) is 0 Å². The summed E-state index contributed by atoms with van der Waals surface area (Å²) in [6.07, 6.45) is 0.511. The van der Waals surface area contributed by atoms with Gasteiger partial charge in [-0.05, 0) is 44.5 Å². The molecule has 0 fully saturated rings. The predicted octanol–water partition coefficient (Wildman–Crippen LogP) is 3.19. The lowest BCUT2D eigenvalue weighted by Gasteiger charge is -2.22. The summed E-state index contributed by atoms with van der Waals surface area (Å²) in [6.45, 7) is 10.2. The zero-order valence-electron chi connectivity index (χ0n) is 11.2. The Morgan fingerprint density at radius 3 is 2.35 bits per heavy atom. The molecule has 0 aromatic heterocycles. The number of hydrogen-bond donors (Lipinski definition) is 1. The average Bonchev–Trinajstić information content (AvgIpc) is 2.33. The van der Waals surface area contributed by atoms with Crippen molar-refractivity contribution in [3.63, 3.8) is 0 Å². The molecular formula is C14H22N2O. The SMILES string of the molecule is CCC(=O)Nc1ccc(N(CC)CC)cc1C. The van der Waals surface area contributed by atoms with Crippen molar-refractivity contribution in [3.8, 4) is 0 Å². The van der Waals surface area contributed by atoms with Crippen LogP contribution in [0.4, 0.5) is 11.4 Å². The number of benzene rings is 1. The molecule has 0 unspecified atom stereocenters. The molecule has 0 bridgehead atoms. The van der Waals surface area contributed by atoms with Crippen LogP contribution >= 0.6 is 0 Å². The van der Waals surface area contributed by atoms with E-state index in [0.29, 0.717) is 6.42 Å². The van der Waals surface area contributed by atoms with Gasteiger partial charge in [0.2, 0.25) is 5.91 Å². The Morgan fingerprint density at radius 1 is 1.24 bits per heavy atom. The molecule has 0 aliphatic rings. The van der Waals surface area contributed by atoms with Gasteiger partial charge in [0.1, 0.15) is 0 Å². The van der Waals surface area contributed by atoms with Crippen molar-refractivity contribution in [2.45, 2.75) is 34.1 Å². The Bertz CT molecular complexity index is 384. The lowest BCUT2D eigenvalue weighted by Crippen LogP contribution is -2.22. The summed E-state index contributed by atoms with van der Waals surface area (Å²) in [5.74, 6) is 0.0590. The Hall–Kier alpha value is -1.51. The monoisotopic (exact) mass is 234 g/mol. The van der Waals surface area contributed by atoms with Gasteiger partial charge in [0.05, 0.1) is 0 Å². The number of nitrogens with zero attached hydrogens (tertiary/aromatic N) is 1. The highest BCUT2D eigenvalue weighted by molar-refractivity contribution is 5.91. The molecule has 0 aliphatic heterocycles. The molecule has 0 radical (unpaired) electrons. The highest BCUT2D eigenvalue weighted by Crippen LogP contribution is 2.22. The minimum Gasteiger partial charge on any atom is -0.372 e. The first-order valence-electron chi connectivity index (χ1n) is 6.27. The lowest BCUT2D eigenvalue weighted by molar-refractivity contribution is -0.115. The van der Waals surface area contributed by atoms with Crippen LogP contribution in [0.15, 0.2) is 18.2 Å². The molecule has 0 saturated heterocycles. The van der Waals surface area contributed by atoms with Crippen molar-refractivity contribution in [3.05, 3.63) is 23.8 Å². The van der Waals surface area contributed by atoms with Crippen LogP contribution in [0.1, 0.15) is 32.8 Å². The van der Waals surface area contributed by atoms with Crippen LogP contribution in [0.2, 0.25) is 0 Å². The van der Waals surface area contributed by atoms with Crippen LogP contribution in [-0.4, -0.2) is 19.0 Å². The number of hydrogen-bond acceptors (Lipinski definition) is 2. The summed E-state index contributed by atoms with van der Waals surface area (Å²) < 4.78 is 0. The summed E-state index contributed by atoms with van der Waals surface area (Å²) in [5, 5.41) is 2.90. The molecule has 1 N–H and O–H groups in total. The van der Waals surface area contributed by atoms with Crippen LogP contribution in [-0.2, 0) is 4.79 Å². The molecule has 1 amide bonds. The van der Waals surface area contributed by atoms with Crippen molar-refractivity contribution in [1.82, 2.24) is 0 Å². The average molecular weight is 234 g/mol. The third kappa shape index (κ3) is 3.48. The van der Waals surface area contributed by atoms with Crippen molar-refractivity contribution in [1.29, 1.82) is 0 Å². The van der Waals surface area contributed by atoms with Gasteiger partial charge in [-0.3, -0.25) is 4.79 Å². The fourth-order valence-electron chi connectivity index (χ4n) is 1.81. The minimum atomic E-state index is 0.0590. The molecule has 0 aliphatic carbocycles. The van der Waals surface area contributed by atoms with Crippen molar-refractivity contribution < 1.29 is 4.79 Å². The third-order valence-corrected chi connectivity index (χ3v) is 2.93. The van der Waals surface area contributed by atoms with E-state index in [9.17, 15) is 4.79 Å². The molecule has 0 saturated carbocycles.